The van der Waals surface area contributed by atoms with E-state index in [-0.39, 0.29) is 18.4 Å². The number of hydrogen-bond donors (Lipinski definition) is 2. The summed E-state index contributed by atoms with van der Waals surface area (Å²) < 4.78 is 4.76. The Morgan fingerprint density at radius 2 is 2.09 bits per heavy atom. The number of anilines is 1. The standard InChI is InChI=1S/C16H17N3O3/c1-22-11-15(20)19-14-6-2-4-12(8-14)9-18-16(21)13-5-3-7-17-10-13/h2-8,10H,9,11H2,1H3,(H,18,21)(H,19,20). The first-order valence-corrected chi connectivity index (χ1v) is 6.75. The van der Waals surface area contributed by atoms with Gasteiger partial charge in [-0.05, 0) is 29.8 Å². The van der Waals surface area contributed by atoms with Crippen LogP contribution in [0.5, 0.6) is 0 Å². The smallest absolute Gasteiger partial charge is 0.253 e. The fourth-order valence-electron chi connectivity index (χ4n) is 1.87. The zero-order chi connectivity index (χ0) is 15.8. The van der Waals surface area contributed by atoms with Crippen molar-refractivity contribution in [2.75, 3.05) is 19.0 Å². The minimum atomic E-state index is -0.223. The van der Waals surface area contributed by atoms with Crippen LogP contribution < -0.4 is 10.6 Å². The largest absolute Gasteiger partial charge is 0.375 e. The van der Waals surface area contributed by atoms with E-state index in [9.17, 15) is 9.59 Å². The summed E-state index contributed by atoms with van der Waals surface area (Å²) >= 11 is 0. The van der Waals surface area contributed by atoms with Crippen molar-refractivity contribution >= 4 is 17.5 Å². The first-order valence-electron chi connectivity index (χ1n) is 6.75. The highest BCUT2D eigenvalue weighted by Crippen LogP contribution is 2.10. The minimum Gasteiger partial charge on any atom is -0.375 e. The Hall–Kier alpha value is -2.73. The van der Waals surface area contributed by atoms with Crippen LogP contribution in [-0.4, -0.2) is 30.5 Å². The van der Waals surface area contributed by atoms with Crippen molar-refractivity contribution in [3.8, 4) is 0 Å². The van der Waals surface area contributed by atoms with Crippen molar-refractivity contribution in [3.63, 3.8) is 0 Å². The number of methoxy groups -OCH3 is 1. The van der Waals surface area contributed by atoms with Crippen LogP contribution in [0.1, 0.15) is 15.9 Å². The van der Waals surface area contributed by atoms with E-state index >= 15 is 0 Å². The molecule has 1 heterocycles. The van der Waals surface area contributed by atoms with Crippen molar-refractivity contribution in [2.24, 2.45) is 0 Å². The molecule has 1 aromatic carbocycles. The van der Waals surface area contributed by atoms with Crippen LogP contribution in [0.4, 0.5) is 5.69 Å². The molecule has 2 amide bonds. The molecule has 0 spiro atoms. The van der Waals surface area contributed by atoms with Crippen molar-refractivity contribution in [2.45, 2.75) is 6.54 Å². The Bertz CT molecular complexity index is 644. The van der Waals surface area contributed by atoms with E-state index in [1.807, 2.05) is 12.1 Å². The molecule has 0 radical (unpaired) electrons. The maximum Gasteiger partial charge on any atom is 0.253 e. The summed E-state index contributed by atoms with van der Waals surface area (Å²) in [4.78, 5) is 27.3. The zero-order valence-electron chi connectivity index (χ0n) is 12.2. The maximum absolute atomic E-state index is 11.9. The van der Waals surface area contributed by atoms with Crippen LogP contribution in [-0.2, 0) is 16.1 Å². The highest BCUT2D eigenvalue weighted by Gasteiger charge is 2.06. The Morgan fingerprint density at radius 1 is 1.23 bits per heavy atom. The van der Waals surface area contributed by atoms with Crippen LogP contribution in [0.25, 0.3) is 0 Å². The molecule has 1 aromatic heterocycles. The highest BCUT2D eigenvalue weighted by atomic mass is 16.5. The highest BCUT2D eigenvalue weighted by molar-refractivity contribution is 5.94. The van der Waals surface area contributed by atoms with Crippen LogP contribution in [0.2, 0.25) is 0 Å². The molecule has 6 nitrogen and oxygen atoms in total. The average Bonchev–Trinajstić information content (AvgIpc) is 2.54. The molecule has 2 N–H and O–H groups in total. The second-order valence-electron chi connectivity index (χ2n) is 4.61. The third-order valence-electron chi connectivity index (χ3n) is 2.86. The molecule has 6 heteroatoms. The van der Waals surface area contributed by atoms with Crippen LogP contribution in [0, 0.1) is 0 Å². The number of ether oxygens (including phenoxy) is 1. The van der Waals surface area contributed by atoms with Crippen molar-refractivity contribution < 1.29 is 14.3 Å². The number of benzene rings is 1. The molecular formula is C16H17N3O3. The van der Waals surface area contributed by atoms with Gasteiger partial charge in [0.05, 0.1) is 5.56 Å². The van der Waals surface area contributed by atoms with E-state index in [0.29, 0.717) is 17.8 Å². The SMILES string of the molecule is COCC(=O)Nc1cccc(CNC(=O)c2cccnc2)c1. The van der Waals surface area contributed by atoms with Gasteiger partial charge in [0.1, 0.15) is 6.61 Å². The first-order chi connectivity index (χ1) is 10.7. The number of carbonyl (C=O) groups is 2. The molecule has 0 saturated carbocycles. The van der Waals surface area contributed by atoms with E-state index in [1.165, 1.54) is 13.3 Å². The molecule has 0 atom stereocenters. The molecule has 0 bridgehead atoms. The Balaban J connectivity index is 1.93. The quantitative estimate of drug-likeness (QED) is 0.849. The maximum atomic E-state index is 11.9. The number of amides is 2. The van der Waals surface area contributed by atoms with Gasteiger partial charge in [-0.15, -0.1) is 0 Å². The lowest BCUT2D eigenvalue weighted by atomic mass is 10.2. The van der Waals surface area contributed by atoms with Gasteiger partial charge in [-0.25, -0.2) is 0 Å². The van der Waals surface area contributed by atoms with Crippen LogP contribution >= 0.6 is 0 Å². The van der Waals surface area contributed by atoms with E-state index < -0.39 is 0 Å². The summed E-state index contributed by atoms with van der Waals surface area (Å²) in [6.07, 6.45) is 3.12. The lowest BCUT2D eigenvalue weighted by molar-refractivity contribution is -0.119. The molecule has 22 heavy (non-hydrogen) atoms. The van der Waals surface area contributed by atoms with Gasteiger partial charge in [0, 0.05) is 31.7 Å². The number of carbonyl (C=O) groups excluding carboxylic acids is 2. The number of aromatic nitrogens is 1. The molecule has 0 aliphatic rings. The molecule has 0 fully saturated rings. The van der Waals surface area contributed by atoms with Crippen molar-refractivity contribution in [1.29, 1.82) is 0 Å². The van der Waals surface area contributed by atoms with Gasteiger partial charge in [0.2, 0.25) is 5.91 Å². The van der Waals surface area contributed by atoms with Crippen LogP contribution in [0.3, 0.4) is 0 Å². The molecule has 114 valence electrons. The number of pyridine rings is 1. The molecule has 0 aliphatic heterocycles. The van der Waals surface area contributed by atoms with Crippen LogP contribution in [0.15, 0.2) is 48.8 Å². The van der Waals surface area contributed by atoms with E-state index in [4.69, 9.17) is 4.74 Å². The normalized spacial score (nSPS) is 10.0. The second-order valence-corrected chi connectivity index (χ2v) is 4.61. The average molecular weight is 299 g/mol. The third kappa shape index (κ3) is 4.68. The topological polar surface area (TPSA) is 80.3 Å². The predicted molar refractivity (Wildman–Crippen MR) is 82.4 cm³/mol. The Labute approximate surface area is 128 Å². The summed E-state index contributed by atoms with van der Waals surface area (Å²) in [5.41, 5.74) is 2.05. The molecule has 2 rings (SSSR count). The fourth-order valence-corrected chi connectivity index (χ4v) is 1.87. The molecule has 0 saturated heterocycles. The van der Waals surface area contributed by atoms with Gasteiger partial charge < -0.3 is 15.4 Å². The molecular weight excluding hydrogens is 282 g/mol. The van der Waals surface area contributed by atoms with Gasteiger partial charge in [-0.2, -0.15) is 0 Å². The predicted octanol–water partition coefficient (Wildman–Crippen LogP) is 1.60. The summed E-state index contributed by atoms with van der Waals surface area (Å²) in [7, 11) is 1.46. The van der Waals surface area contributed by atoms with Gasteiger partial charge in [0.25, 0.3) is 5.91 Å². The van der Waals surface area contributed by atoms with Gasteiger partial charge in [-0.1, -0.05) is 12.1 Å². The number of hydrogen-bond acceptors (Lipinski definition) is 4. The summed E-state index contributed by atoms with van der Waals surface area (Å²) in [6, 6.07) is 10.7. The summed E-state index contributed by atoms with van der Waals surface area (Å²) in [5.74, 6) is -0.416. The fraction of sp³-hybridized carbons (Fsp3) is 0.188. The Kier molecular flexibility index (Phi) is 5.62. The zero-order valence-corrected chi connectivity index (χ0v) is 12.2. The number of nitrogens with one attached hydrogen (secondary N) is 2. The Morgan fingerprint density at radius 3 is 2.82 bits per heavy atom. The van der Waals surface area contributed by atoms with E-state index in [1.54, 1.807) is 30.5 Å². The molecule has 0 aliphatic carbocycles. The minimum absolute atomic E-state index is 0.00196. The number of nitrogens with zero attached hydrogens (tertiary/aromatic N) is 1. The lowest BCUT2D eigenvalue weighted by Crippen LogP contribution is -2.23. The summed E-state index contributed by atoms with van der Waals surface area (Å²) in [5, 5.41) is 5.52. The first kappa shape index (κ1) is 15.7. The molecule has 0 unspecified atom stereocenters. The van der Waals surface area contributed by atoms with Crippen molar-refractivity contribution in [1.82, 2.24) is 10.3 Å². The lowest BCUT2D eigenvalue weighted by Gasteiger charge is -2.08. The third-order valence-corrected chi connectivity index (χ3v) is 2.86. The van der Waals surface area contributed by atoms with Gasteiger partial charge in [0.15, 0.2) is 0 Å². The van der Waals surface area contributed by atoms with E-state index in [2.05, 4.69) is 15.6 Å². The number of rotatable bonds is 6. The van der Waals surface area contributed by atoms with Gasteiger partial charge >= 0.3 is 0 Å². The summed E-state index contributed by atoms with van der Waals surface area (Å²) in [6.45, 7) is 0.365. The van der Waals surface area contributed by atoms with Crippen molar-refractivity contribution in [3.05, 3.63) is 59.9 Å². The monoisotopic (exact) mass is 299 g/mol. The second kappa shape index (κ2) is 7.90. The van der Waals surface area contributed by atoms with E-state index in [0.717, 1.165) is 5.56 Å². The van der Waals surface area contributed by atoms with Gasteiger partial charge in [-0.3, -0.25) is 14.6 Å². The molecule has 2 aromatic rings.